The van der Waals surface area contributed by atoms with Crippen LogP contribution in [0.1, 0.15) is 44.2 Å². The summed E-state index contributed by atoms with van der Waals surface area (Å²) < 4.78 is 5.86. The van der Waals surface area contributed by atoms with E-state index in [2.05, 4.69) is 24.9 Å². The summed E-state index contributed by atoms with van der Waals surface area (Å²) >= 11 is 6.39. The second-order valence-corrected chi connectivity index (χ2v) is 6.37. The van der Waals surface area contributed by atoms with Crippen LogP contribution in [0, 0.1) is 0 Å². The van der Waals surface area contributed by atoms with Gasteiger partial charge < -0.3 is 10.5 Å². The summed E-state index contributed by atoms with van der Waals surface area (Å²) in [6.45, 7) is 3.91. The van der Waals surface area contributed by atoms with Gasteiger partial charge in [0, 0.05) is 24.2 Å². The molecule has 118 valence electrons. The van der Waals surface area contributed by atoms with E-state index in [1.807, 2.05) is 18.2 Å². The molecule has 0 aliphatic carbocycles. The van der Waals surface area contributed by atoms with Gasteiger partial charge in [0.05, 0.1) is 12.1 Å². The molecule has 1 aromatic carbocycles. The van der Waals surface area contributed by atoms with Gasteiger partial charge in [0.1, 0.15) is 0 Å². The van der Waals surface area contributed by atoms with Crippen molar-refractivity contribution in [1.29, 1.82) is 0 Å². The number of likely N-dealkylation sites (N-methyl/N-ethyl adjacent to an activating group) is 1. The van der Waals surface area contributed by atoms with Gasteiger partial charge in [-0.25, -0.2) is 0 Å². The molecule has 4 heteroatoms. The largest absolute Gasteiger partial charge is 0.377 e. The Bertz CT molecular complexity index is 435. The highest BCUT2D eigenvalue weighted by Gasteiger charge is 2.27. The van der Waals surface area contributed by atoms with E-state index in [-0.39, 0.29) is 12.1 Å². The summed E-state index contributed by atoms with van der Waals surface area (Å²) in [7, 11) is 2.13. The molecular formula is C17H27ClN2O. The van der Waals surface area contributed by atoms with Crippen molar-refractivity contribution in [2.24, 2.45) is 5.73 Å². The lowest BCUT2D eigenvalue weighted by Crippen LogP contribution is -2.43. The van der Waals surface area contributed by atoms with Crippen molar-refractivity contribution in [2.75, 3.05) is 20.2 Å². The molecule has 1 aliphatic rings. The van der Waals surface area contributed by atoms with E-state index in [1.165, 1.54) is 12.8 Å². The molecular weight excluding hydrogens is 284 g/mol. The normalized spacial score (nSPS) is 22.2. The average molecular weight is 311 g/mol. The first-order valence-electron chi connectivity index (χ1n) is 7.95. The third-order valence-electron chi connectivity index (χ3n) is 4.34. The van der Waals surface area contributed by atoms with Crippen LogP contribution in [-0.4, -0.2) is 37.2 Å². The standard InChI is InChI=1S/C17H27ClN2O/c1-3-16(19)17(14-9-4-5-10-15(14)18)20(2)12-13-8-6-7-11-21-13/h4-5,9-10,13,16-17H,3,6-8,11-12,19H2,1-2H3. The van der Waals surface area contributed by atoms with Crippen molar-refractivity contribution in [3.05, 3.63) is 34.9 Å². The van der Waals surface area contributed by atoms with Crippen molar-refractivity contribution in [3.63, 3.8) is 0 Å². The second-order valence-electron chi connectivity index (χ2n) is 5.97. The number of rotatable bonds is 6. The maximum atomic E-state index is 6.39. The maximum Gasteiger partial charge on any atom is 0.0702 e. The van der Waals surface area contributed by atoms with E-state index in [0.717, 1.165) is 36.6 Å². The fourth-order valence-corrected chi connectivity index (χ4v) is 3.37. The minimum absolute atomic E-state index is 0.0680. The van der Waals surface area contributed by atoms with E-state index in [4.69, 9.17) is 22.1 Å². The Morgan fingerprint density at radius 2 is 2.14 bits per heavy atom. The monoisotopic (exact) mass is 310 g/mol. The van der Waals surface area contributed by atoms with Crippen molar-refractivity contribution >= 4 is 11.6 Å². The highest BCUT2D eigenvalue weighted by Crippen LogP contribution is 2.30. The van der Waals surface area contributed by atoms with Gasteiger partial charge in [0.2, 0.25) is 0 Å². The van der Waals surface area contributed by atoms with Crippen molar-refractivity contribution in [2.45, 2.75) is 50.8 Å². The summed E-state index contributed by atoms with van der Waals surface area (Å²) in [5.41, 5.74) is 7.50. The van der Waals surface area contributed by atoms with Crippen LogP contribution in [0.3, 0.4) is 0 Å². The minimum Gasteiger partial charge on any atom is -0.377 e. The molecule has 1 aliphatic heterocycles. The number of nitrogens with zero attached hydrogens (tertiary/aromatic N) is 1. The molecule has 1 aromatic rings. The summed E-state index contributed by atoms with van der Waals surface area (Å²) in [4.78, 5) is 2.31. The Balaban J connectivity index is 2.13. The zero-order valence-corrected chi connectivity index (χ0v) is 13.9. The molecule has 3 unspecified atom stereocenters. The summed E-state index contributed by atoms with van der Waals surface area (Å²) in [6, 6.07) is 8.22. The van der Waals surface area contributed by atoms with Crippen LogP contribution in [0.5, 0.6) is 0 Å². The summed E-state index contributed by atoms with van der Waals surface area (Å²) in [5, 5.41) is 0.794. The molecule has 1 saturated heterocycles. The van der Waals surface area contributed by atoms with Crippen LogP contribution < -0.4 is 5.73 Å². The summed E-state index contributed by atoms with van der Waals surface area (Å²) in [5.74, 6) is 0. The van der Waals surface area contributed by atoms with Crippen molar-refractivity contribution < 1.29 is 4.74 Å². The Hall–Kier alpha value is -0.610. The first kappa shape index (κ1) is 16.8. The predicted octanol–water partition coefficient (Wildman–Crippen LogP) is 3.62. The van der Waals surface area contributed by atoms with Gasteiger partial charge in [0.15, 0.2) is 0 Å². The molecule has 0 aromatic heterocycles. The molecule has 0 bridgehead atoms. The van der Waals surface area contributed by atoms with Crippen LogP contribution in [0.2, 0.25) is 5.02 Å². The zero-order chi connectivity index (χ0) is 15.2. The lowest BCUT2D eigenvalue weighted by Gasteiger charge is -2.36. The SMILES string of the molecule is CCC(N)C(c1ccccc1Cl)N(C)CC1CCCCO1. The highest BCUT2D eigenvalue weighted by atomic mass is 35.5. The topological polar surface area (TPSA) is 38.5 Å². The van der Waals surface area contributed by atoms with Crippen LogP contribution in [0.15, 0.2) is 24.3 Å². The van der Waals surface area contributed by atoms with E-state index in [1.54, 1.807) is 0 Å². The van der Waals surface area contributed by atoms with E-state index >= 15 is 0 Å². The summed E-state index contributed by atoms with van der Waals surface area (Å²) in [6.07, 6.45) is 4.82. The minimum atomic E-state index is 0.0680. The molecule has 1 heterocycles. The molecule has 0 radical (unpaired) electrons. The maximum absolute atomic E-state index is 6.39. The first-order valence-corrected chi connectivity index (χ1v) is 8.33. The molecule has 21 heavy (non-hydrogen) atoms. The molecule has 0 spiro atoms. The number of benzene rings is 1. The smallest absolute Gasteiger partial charge is 0.0702 e. The number of ether oxygens (including phenoxy) is 1. The Morgan fingerprint density at radius 3 is 2.76 bits per heavy atom. The Morgan fingerprint density at radius 1 is 1.38 bits per heavy atom. The van der Waals surface area contributed by atoms with Crippen molar-refractivity contribution in [1.82, 2.24) is 4.90 Å². The fraction of sp³-hybridized carbons (Fsp3) is 0.647. The lowest BCUT2D eigenvalue weighted by atomic mass is 9.96. The second kappa shape index (κ2) is 8.14. The predicted molar refractivity (Wildman–Crippen MR) is 88.7 cm³/mol. The lowest BCUT2D eigenvalue weighted by molar-refractivity contribution is -0.0104. The third kappa shape index (κ3) is 4.43. The molecule has 0 saturated carbocycles. The van der Waals surface area contributed by atoms with Crippen LogP contribution in [0.25, 0.3) is 0 Å². The number of hydrogen-bond acceptors (Lipinski definition) is 3. The van der Waals surface area contributed by atoms with Crippen LogP contribution in [0.4, 0.5) is 0 Å². The van der Waals surface area contributed by atoms with Crippen molar-refractivity contribution in [3.8, 4) is 0 Å². The van der Waals surface area contributed by atoms with Crippen LogP contribution in [-0.2, 0) is 4.74 Å². The van der Waals surface area contributed by atoms with Gasteiger partial charge >= 0.3 is 0 Å². The van der Waals surface area contributed by atoms with Gasteiger partial charge in [-0.15, -0.1) is 0 Å². The van der Waals surface area contributed by atoms with Crippen LogP contribution >= 0.6 is 11.6 Å². The van der Waals surface area contributed by atoms with Gasteiger partial charge in [-0.1, -0.05) is 36.7 Å². The Labute approximate surface area is 133 Å². The molecule has 2 N–H and O–H groups in total. The third-order valence-corrected chi connectivity index (χ3v) is 4.69. The zero-order valence-electron chi connectivity index (χ0n) is 13.1. The van der Waals surface area contributed by atoms with E-state index in [0.29, 0.717) is 6.10 Å². The number of hydrogen-bond donors (Lipinski definition) is 1. The molecule has 2 rings (SSSR count). The molecule has 3 nitrogen and oxygen atoms in total. The van der Waals surface area contributed by atoms with Gasteiger partial charge in [-0.3, -0.25) is 4.90 Å². The van der Waals surface area contributed by atoms with Gasteiger partial charge in [0.25, 0.3) is 0 Å². The van der Waals surface area contributed by atoms with Gasteiger partial charge in [-0.2, -0.15) is 0 Å². The van der Waals surface area contributed by atoms with Gasteiger partial charge in [-0.05, 0) is 44.4 Å². The molecule has 3 atom stereocenters. The van der Waals surface area contributed by atoms with E-state index in [9.17, 15) is 0 Å². The number of nitrogens with two attached hydrogens (primary N) is 1. The molecule has 1 fully saturated rings. The van der Waals surface area contributed by atoms with E-state index < -0.39 is 0 Å². The first-order chi connectivity index (χ1) is 10.1. The molecule has 0 amide bonds. The average Bonchev–Trinajstić information content (AvgIpc) is 2.50. The highest BCUT2D eigenvalue weighted by molar-refractivity contribution is 6.31. The quantitative estimate of drug-likeness (QED) is 0.872. The Kier molecular flexibility index (Phi) is 6.49. The fourth-order valence-electron chi connectivity index (χ4n) is 3.12. The number of halogens is 1.